The lowest BCUT2D eigenvalue weighted by molar-refractivity contribution is -0.122. The maximum absolute atomic E-state index is 11.1. The first-order chi connectivity index (χ1) is 5.25. The Balaban J connectivity index is 2.60. The molecule has 1 nitrogen and oxygen atoms in total. The van der Waals surface area contributed by atoms with Crippen LogP contribution in [0.3, 0.4) is 0 Å². The second-order valence-corrected chi connectivity index (χ2v) is 3.27. The van der Waals surface area contributed by atoms with E-state index >= 15 is 0 Å². The Morgan fingerprint density at radius 3 is 2.55 bits per heavy atom. The van der Waals surface area contributed by atoms with E-state index in [2.05, 4.69) is 5.92 Å². The molecule has 60 valence electrons. The molecular weight excluding hydrogens is 136 g/mol. The number of hydrogen-bond acceptors (Lipinski definition) is 1. The number of hydrogen-bond donors (Lipinski definition) is 0. The van der Waals surface area contributed by atoms with Crippen LogP contribution < -0.4 is 0 Å². The number of rotatable bonds is 1. The summed E-state index contributed by atoms with van der Waals surface area (Å²) in [5.41, 5.74) is 0. The summed E-state index contributed by atoms with van der Waals surface area (Å²) in [7, 11) is 0. The Morgan fingerprint density at radius 1 is 1.45 bits per heavy atom. The summed E-state index contributed by atoms with van der Waals surface area (Å²) in [6.45, 7) is 1.65. The molecule has 1 aliphatic carbocycles. The van der Waals surface area contributed by atoms with Crippen molar-refractivity contribution in [3.63, 3.8) is 0 Å². The molecular formula is C10H14O. The average Bonchev–Trinajstić information content (AvgIpc) is 2.04. The van der Waals surface area contributed by atoms with Gasteiger partial charge in [-0.2, -0.15) is 0 Å². The number of Topliss-reactive ketones (excluding diaryl/α,β-unsaturated/α-hetero) is 1. The van der Waals surface area contributed by atoms with Crippen LogP contribution in [0.5, 0.6) is 0 Å². The third kappa shape index (κ3) is 1.83. The lowest BCUT2D eigenvalue weighted by Crippen LogP contribution is -2.24. The van der Waals surface area contributed by atoms with Crippen molar-refractivity contribution in [2.75, 3.05) is 0 Å². The number of terminal acetylenes is 1. The van der Waals surface area contributed by atoms with Crippen molar-refractivity contribution in [3.05, 3.63) is 0 Å². The zero-order chi connectivity index (χ0) is 8.27. The first-order valence-electron chi connectivity index (χ1n) is 4.22. The molecule has 1 heteroatoms. The van der Waals surface area contributed by atoms with E-state index in [1.165, 1.54) is 12.8 Å². The fourth-order valence-electron chi connectivity index (χ4n) is 1.82. The van der Waals surface area contributed by atoms with Gasteiger partial charge in [-0.3, -0.25) is 4.79 Å². The van der Waals surface area contributed by atoms with E-state index in [-0.39, 0.29) is 17.6 Å². The lowest BCUT2D eigenvalue weighted by atomic mass is 9.78. The molecule has 1 saturated carbocycles. The van der Waals surface area contributed by atoms with Gasteiger partial charge in [0.1, 0.15) is 5.78 Å². The molecule has 0 spiro atoms. The number of carbonyl (C=O) groups is 1. The molecule has 1 rings (SSSR count). The third-order valence-corrected chi connectivity index (χ3v) is 2.50. The van der Waals surface area contributed by atoms with E-state index in [1.54, 1.807) is 6.92 Å². The maximum Gasteiger partial charge on any atom is 0.134 e. The number of ketones is 1. The minimum Gasteiger partial charge on any atom is -0.300 e. The van der Waals surface area contributed by atoms with E-state index in [4.69, 9.17) is 6.42 Å². The molecule has 0 aromatic rings. The first-order valence-corrected chi connectivity index (χ1v) is 4.22. The third-order valence-electron chi connectivity index (χ3n) is 2.50. The largest absolute Gasteiger partial charge is 0.300 e. The van der Waals surface area contributed by atoms with Crippen molar-refractivity contribution < 1.29 is 4.79 Å². The van der Waals surface area contributed by atoms with E-state index < -0.39 is 0 Å². The van der Waals surface area contributed by atoms with Crippen molar-refractivity contribution in [2.45, 2.75) is 32.6 Å². The zero-order valence-corrected chi connectivity index (χ0v) is 6.97. The first kappa shape index (κ1) is 8.33. The van der Waals surface area contributed by atoms with Crippen molar-refractivity contribution >= 4 is 5.78 Å². The Labute approximate surface area is 68.2 Å². The fraction of sp³-hybridized carbons (Fsp3) is 0.700. The summed E-state index contributed by atoms with van der Waals surface area (Å²) in [6, 6.07) is 0. The summed E-state index contributed by atoms with van der Waals surface area (Å²) in [5, 5.41) is 0. The lowest BCUT2D eigenvalue weighted by Gasteiger charge is -2.25. The van der Waals surface area contributed by atoms with Gasteiger partial charge in [-0.25, -0.2) is 0 Å². The van der Waals surface area contributed by atoms with Crippen LogP contribution in [0.25, 0.3) is 0 Å². The van der Waals surface area contributed by atoms with Crippen LogP contribution in [-0.2, 0) is 4.79 Å². The Morgan fingerprint density at radius 2 is 2.09 bits per heavy atom. The summed E-state index contributed by atoms with van der Waals surface area (Å²) in [4.78, 5) is 11.1. The molecule has 0 aliphatic heterocycles. The van der Waals surface area contributed by atoms with Gasteiger partial charge in [0, 0.05) is 11.8 Å². The van der Waals surface area contributed by atoms with Gasteiger partial charge >= 0.3 is 0 Å². The quantitative estimate of drug-likeness (QED) is 0.522. The van der Waals surface area contributed by atoms with Crippen molar-refractivity contribution in [2.24, 2.45) is 11.8 Å². The van der Waals surface area contributed by atoms with Gasteiger partial charge in [0.15, 0.2) is 0 Å². The van der Waals surface area contributed by atoms with Crippen LogP contribution in [0, 0.1) is 24.2 Å². The minimum absolute atomic E-state index is 0.161. The Kier molecular flexibility index (Phi) is 2.70. The van der Waals surface area contributed by atoms with Gasteiger partial charge in [0.05, 0.1) is 0 Å². The molecule has 0 unspecified atom stereocenters. The molecule has 1 aliphatic rings. The van der Waals surface area contributed by atoms with Gasteiger partial charge < -0.3 is 0 Å². The Hall–Kier alpha value is -0.770. The Bertz CT molecular complexity index is 188. The molecule has 0 heterocycles. The maximum atomic E-state index is 11.1. The molecule has 0 aromatic carbocycles. The van der Waals surface area contributed by atoms with E-state index in [1.807, 2.05) is 0 Å². The molecule has 0 saturated heterocycles. The van der Waals surface area contributed by atoms with E-state index in [0.717, 1.165) is 12.8 Å². The predicted molar refractivity (Wildman–Crippen MR) is 45.0 cm³/mol. The highest BCUT2D eigenvalue weighted by molar-refractivity contribution is 5.79. The molecule has 0 amide bonds. The SMILES string of the molecule is C#C[C@@H]1CCCC[C@H]1C(C)=O. The van der Waals surface area contributed by atoms with Crippen molar-refractivity contribution in [3.8, 4) is 12.3 Å². The van der Waals surface area contributed by atoms with Crippen molar-refractivity contribution in [1.29, 1.82) is 0 Å². The fourth-order valence-corrected chi connectivity index (χ4v) is 1.82. The van der Waals surface area contributed by atoms with E-state index in [9.17, 15) is 4.79 Å². The summed E-state index contributed by atoms with van der Waals surface area (Å²) in [6.07, 6.45) is 9.74. The van der Waals surface area contributed by atoms with Crippen LogP contribution in [0.2, 0.25) is 0 Å². The van der Waals surface area contributed by atoms with E-state index in [0.29, 0.717) is 0 Å². The van der Waals surface area contributed by atoms with Crippen LogP contribution in [0.4, 0.5) is 0 Å². The topological polar surface area (TPSA) is 17.1 Å². The van der Waals surface area contributed by atoms with Crippen molar-refractivity contribution in [1.82, 2.24) is 0 Å². The van der Waals surface area contributed by atoms with Gasteiger partial charge in [0.25, 0.3) is 0 Å². The minimum atomic E-state index is 0.161. The van der Waals surface area contributed by atoms with Crippen LogP contribution in [0.1, 0.15) is 32.6 Å². The smallest absolute Gasteiger partial charge is 0.134 e. The number of carbonyl (C=O) groups excluding carboxylic acids is 1. The highest BCUT2D eigenvalue weighted by atomic mass is 16.1. The van der Waals surface area contributed by atoms with Gasteiger partial charge in [-0.05, 0) is 19.8 Å². The highest BCUT2D eigenvalue weighted by Crippen LogP contribution is 2.29. The van der Waals surface area contributed by atoms with Crippen LogP contribution in [-0.4, -0.2) is 5.78 Å². The normalized spacial score (nSPS) is 30.9. The second-order valence-electron chi connectivity index (χ2n) is 3.27. The molecule has 0 N–H and O–H groups in total. The van der Waals surface area contributed by atoms with Gasteiger partial charge in [0.2, 0.25) is 0 Å². The monoisotopic (exact) mass is 150 g/mol. The van der Waals surface area contributed by atoms with Crippen LogP contribution >= 0.6 is 0 Å². The molecule has 1 fully saturated rings. The molecule has 0 radical (unpaired) electrons. The zero-order valence-electron chi connectivity index (χ0n) is 6.97. The molecule has 2 atom stereocenters. The summed E-state index contributed by atoms with van der Waals surface area (Å²) < 4.78 is 0. The molecule has 0 bridgehead atoms. The summed E-state index contributed by atoms with van der Waals surface area (Å²) >= 11 is 0. The second kappa shape index (κ2) is 3.57. The molecule has 11 heavy (non-hydrogen) atoms. The van der Waals surface area contributed by atoms with Gasteiger partial charge in [-0.1, -0.05) is 12.8 Å². The van der Waals surface area contributed by atoms with Gasteiger partial charge in [-0.15, -0.1) is 12.3 Å². The summed E-state index contributed by atoms with van der Waals surface area (Å²) in [5.74, 6) is 3.37. The average molecular weight is 150 g/mol. The van der Waals surface area contributed by atoms with Crippen LogP contribution in [0.15, 0.2) is 0 Å². The predicted octanol–water partition coefficient (Wildman–Crippen LogP) is 2.01. The highest BCUT2D eigenvalue weighted by Gasteiger charge is 2.26. The molecule has 0 aromatic heterocycles. The standard InChI is InChI=1S/C10H14O/c1-3-9-6-4-5-7-10(9)8(2)11/h1,9-10H,4-7H2,2H3/t9-,10+/m1/s1.